The summed E-state index contributed by atoms with van der Waals surface area (Å²) in [6.07, 6.45) is 3.49. The van der Waals surface area contributed by atoms with Gasteiger partial charge in [-0.2, -0.15) is 0 Å². The highest BCUT2D eigenvalue weighted by molar-refractivity contribution is 5.66. The molecule has 0 spiro atoms. The van der Waals surface area contributed by atoms with Crippen molar-refractivity contribution in [3.8, 4) is 16.9 Å². The minimum absolute atomic E-state index is 0.0420. The number of hydrogen-bond acceptors (Lipinski definition) is 2. The van der Waals surface area contributed by atoms with E-state index in [0.29, 0.717) is 18.8 Å². The third-order valence-electron chi connectivity index (χ3n) is 5.08. The van der Waals surface area contributed by atoms with Gasteiger partial charge in [0.05, 0.1) is 19.3 Å². The van der Waals surface area contributed by atoms with Crippen molar-refractivity contribution in [2.75, 3.05) is 13.2 Å². The normalized spacial score (nSPS) is 19.9. The van der Waals surface area contributed by atoms with E-state index in [1.54, 1.807) is 12.1 Å². The fourth-order valence-electron chi connectivity index (χ4n) is 3.47. The molecule has 1 saturated heterocycles. The van der Waals surface area contributed by atoms with E-state index in [2.05, 4.69) is 6.92 Å². The van der Waals surface area contributed by atoms with Crippen LogP contribution in [0.5, 0.6) is 5.75 Å². The van der Waals surface area contributed by atoms with Crippen LogP contribution in [0.3, 0.4) is 0 Å². The van der Waals surface area contributed by atoms with Crippen LogP contribution in [0, 0.1) is 17.5 Å². The third-order valence-corrected chi connectivity index (χ3v) is 5.08. The van der Waals surface area contributed by atoms with Crippen LogP contribution in [0.1, 0.15) is 51.0 Å². The Morgan fingerprint density at radius 1 is 1.04 bits per heavy atom. The fourth-order valence-corrected chi connectivity index (χ4v) is 3.47. The number of hydrogen-bond donors (Lipinski definition) is 0. The molecule has 1 fully saturated rings. The summed E-state index contributed by atoms with van der Waals surface area (Å²) >= 11 is 0. The van der Waals surface area contributed by atoms with Gasteiger partial charge in [0.2, 0.25) is 0 Å². The van der Waals surface area contributed by atoms with Gasteiger partial charge in [0.25, 0.3) is 0 Å². The van der Waals surface area contributed by atoms with E-state index in [4.69, 9.17) is 9.47 Å². The summed E-state index contributed by atoms with van der Waals surface area (Å²) in [4.78, 5) is 0. The number of halogens is 3. The average molecular weight is 378 g/mol. The molecule has 2 aromatic rings. The smallest absolute Gasteiger partial charge is 0.166 e. The average Bonchev–Trinajstić information content (AvgIpc) is 2.69. The first-order valence-corrected chi connectivity index (χ1v) is 9.57. The lowest BCUT2D eigenvalue weighted by molar-refractivity contribution is 0.00131. The van der Waals surface area contributed by atoms with E-state index in [9.17, 15) is 13.2 Å². The molecule has 1 aliphatic rings. The fraction of sp³-hybridized carbons (Fsp3) is 0.455. The SMILES string of the molecule is CCCOc1ccc(-c2ccc(C3CCC(CC)OC3)c(F)c2F)cc1F. The molecular weight excluding hydrogens is 353 g/mol. The summed E-state index contributed by atoms with van der Waals surface area (Å²) < 4.78 is 54.6. The van der Waals surface area contributed by atoms with Gasteiger partial charge in [0.15, 0.2) is 23.2 Å². The molecule has 146 valence electrons. The first-order chi connectivity index (χ1) is 13.0. The third kappa shape index (κ3) is 4.29. The lowest BCUT2D eigenvalue weighted by Gasteiger charge is -2.29. The summed E-state index contributed by atoms with van der Waals surface area (Å²) in [5.41, 5.74) is 0.653. The minimum Gasteiger partial charge on any atom is -0.491 e. The molecule has 0 N–H and O–H groups in total. The topological polar surface area (TPSA) is 18.5 Å². The van der Waals surface area contributed by atoms with E-state index < -0.39 is 17.5 Å². The molecule has 0 aromatic heterocycles. The second kappa shape index (κ2) is 8.79. The molecular formula is C22H25F3O2. The molecule has 5 heteroatoms. The lowest BCUT2D eigenvalue weighted by atomic mass is 9.89. The molecule has 1 heterocycles. The monoisotopic (exact) mass is 378 g/mol. The molecule has 2 aromatic carbocycles. The number of benzene rings is 2. The van der Waals surface area contributed by atoms with Gasteiger partial charge in [-0.3, -0.25) is 0 Å². The van der Waals surface area contributed by atoms with Crippen molar-refractivity contribution in [3.63, 3.8) is 0 Å². The number of rotatable bonds is 6. The molecule has 0 radical (unpaired) electrons. The van der Waals surface area contributed by atoms with Gasteiger partial charge in [-0.05, 0) is 48.9 Å². The predicted octanol–water partition coefficient (Wildman–Crippen LogP) is 6.23. The molecule has 3 rings (SSSR count). The Balaban J connectivity index is 1.84. The van der Waals surface area contributed by atoms with E-state index in [1.807, 2.05) is 6.92 Å². The van der Waals surface area contributed by atoms with Crippen LogP contribution in [0.2, 0.25) is 0 Å². The van der Waals surface area contributed by atoms with Gasteiger partial charge >= 0.3 is 0 Å². The van der Waals surface area contributed by atoms with Crippen LogP contribution >= 0.6 is 0 Å². The summed E-state index contributed by atoms with van der Waals surface area (Å²) in [6.45, 7) is 4.77. The summed E-state index contributed by atoms with van der Waals surface area (Å²) in [5.74, 6) is -2.45. The molecule has 0 saturated carbocycles. The van der Waals surface area contributed by atoms with Gasteiger partial charge in [-0.1, -0.05) is 32.0 Å². The molecule has 0 aliphatic carbocycles. The standard InChI is InChI=1S/C22H25F3O2/c1-3-11-26-20-10-6-14(12-19(20)23)17-8-9-18(22(25)21(17)24)15-5-7-16(4-2)27-13-15/h6,8-10,12,15-16H,3-5,7,11,13H2,1-2H3. The maximum absolute atomic E-state index is 14.7. The maximum Gasteiger partial charge on any atom is 0.166 e. The largest absolute Gasteiger partial charge is 0.491 e. The Kier molecular flexibility index (Phi) is 6.42. The summed E-state index contributed by atoms with van der Waals surface area (Å²) in [5, 5.41) is 0. The van der Waals surface area contributed by atoms with Crippen LogP contribution in [-0.4, -0.2) is 19.3 Å². The zero-order valence-electron chi connectivity index (χ0n) is 15.7. The second-order valence-electron chi connectivity index (χ2n) is 6.96. The van der Waals surface area contributed by atoms with Gasteiger partial charge in [0, 0.05) is 11.5 Å². The Bertz CT molecular complexity index is 783. The van der Waals surface area contributed by atoms with Crippen molar-refractivity contribution in [3.05, 3.63) is 53.3 Å². The minimum atomic E-state index is -0.952. The van der Waals surface area contributed by atoms with E-state index >= 15 is 0 Å². The highest BCUT2D eigenvalue weighted by Crippen LogP contribution is 2.35. The maximum atomic E-state index is 14.7. The van der Waals surface area contributed by atoms with Crippen LogP contribution in [0.25, 0.3) is 11.1 Å². The Morgan fingerprint density at radius 2 is 1.85 bits per heavy atom. The van der Waals surface area contributed by atoms with Crippen molar-refractivity contribution in [1.29, 1.82) is 0 Å². The predicted molar refractivity (Wildman–Crippen MR) is 99.5 cm³/mol. The van der Waals surface area contributed by atoms with Crippen LogP contribution in [0.4, 0.5) is 13.2 Å². The van der Waals surface area contributed by atoms with Gasteiger partial charge in [-0.25, -0.2) is 13.2 Å². The summed E-state index contributed by atoms with van der Waals surface area (Å²) in [7, 11) is 0. The Labute approximate surface area is 158 Å². The molecule has 0 amide bonds. The van der Waals surface area contributed by atoms with Crippen molar-refractivity contribution >= 4 is 0 Å². The molecule has 2 nitrogen and oxygen atoms in total. The number of ether oxygens (including phenoxy) is 2. The zero-order valence-corrected chi connectivity index (χ0v) is 15.7. The van der Waals surface area contributed by atoms with Crippen LogP contribution < -0.4 is 4.74 Å². The molecule has 1 aliphatic heterocycles. The van der Waals surface area contributed by atoms with Crippen molar-refractivity contribution < 1.29 is 22.6 Å². The van der Waals surface area contributed by atoms with Crippen LogP contribution in [0.15, 0.2) is 30.3 Å². The van der Waals surface area contributed by atoms with Crippen molar-refractivity contribution in [1.82, 2.24) is 0 Å². The van der Waals surface area contributed by atoms with E-state index in [-0.39, 0.29) is 28.9 Å². The Hall–Kier alpha value is -2.01. The van der Waals surface area contributed by atoms with Crippen LogP contribution in [-0.2, 0) is 4.74 Å². The van der Waals surface area contributed by atoms with Crippen molar-refractivity contribution in [2.24, 2.45) is 0 Å². The Morgan fingerprint density at radius 3 is 2.48 bits per heavy atom. The first-order valence-electron chi connectivity index (χ1n) is 9.57. The quantitative estimate of drug-likeness (QED) is 0.593. The van der Waals surface area contributed by atoms with Gasteiger partial charge in [-0.15, -0.1) is 0 Å². The highest BCUT2D eigenvalue weighted by atomic mass is 19.2. The van der Waals surface area contributed by atoms with Gasteiger partial charge in [0.1, 0.15) is 0 Å². The second-order valence-corrected chi connectivity index (χ2v) is 6.96. The molecule has 27 heavy (non-hydrogen) atoms. The van der Waals surface area contributed by atoms with Gasteiger partial charge < -0.3 is 9.47 Å². The molecule has 0 bridgehead atoms. The zero-order chi connectivity index (χ0) is 19.4. The lowest BCUT2D eigenvalue weighted by Crippen LogP contribution is -2.24. The highest BCUT2D eigenvalue weighted by Gasteiger charge is 2.26. The molecule has 2 unspecified atom stereocenters. The van der Waals surface area contributed by atoms with E-state index in [1.165, 1.54) is 18.2 Å². The van der Waals surface area contributed by atoms with E-state index in [0.717, 1.165) is 25.7 Å². The molecule has 2 atom stereocenters. The first kappa shape index (κ1) is 19.7. The van der Waals surface area contributed by atoms with Crippen molar-refractivity contribution in [2.45, 2.75) is 51.6 Å². The summed E-state index contributed by atoms with van der Waals surface area (Å²) in [6, 6.07) is 7.28.